The summed E-state index contributed by atoms with van der Waals surface area (Å²) < 4.78 is 13.3. The highest BCUT2D eigenvalue weighted by molar-refractivity contribution is 5.96. The molecule has 9 heteroatoms. The highest BCUT2D eigenvalue weighted by Crippen LogP contribution is 2.19. The van der Waals surface area contributed by atoms with Crippen LogP contribution in [0.25, 0.3) is 10.9 Å². The third kappa shape index (κ3) is 6.05. The summed E-state index contributed by atoms with van der Waals surface area (Å²) in [7, 11) is 1.69. The van der Waals surface area contributed by atoms with Crippen molar-refractivity contribution in [3.05, 3.63) is 71.2 Å². The van der Waals surface area contributed by atoms with Gasteiger partial charge in [0, 0.05) is 42.8 Å². The predicted molar refractivity (Wildman–Crippen MR) is 118 cm³/mol. The van der Waals surface area contributed by atoms with Gasteiger partial charge in [-0.2, -0.15) is 0 Å². The van der Waals surface area contributed by atoms with E-state index >= 15 is 0 Å². The number of carbonyl (C=O) groups excluding carboxylic acids is 2. The van der Waals surface area contributed by atoms with E-state index in [-0.39, 0.29) is 18.3 Å². The van der Waals surface area contributed by atoms with Crippen molar-refractivity contribution in [2.24, 2.45) is 10.7 Å². The molecule has 2 aromatic carbocycles. The van der Waals surface area contributed by atoms with E-state index in [0.717, 1.165) is 28.5 Å². The van der Waals surface area contributed by atoms with Crippen LogP contribution >= 0.6 is 0 Å². The fourth-order valence-electron chi connectivity index (χ4n) is 3.13. The van der Waals surface area contributed by atoms with Gasteiger partial charge < -0.3 is 26.7 Å². The Bertz CT molecular complexity index is 1090. The number of aliphatic imine (C=N–C) groups is 1. The monoisotopic (exact) mass is 424 g/mol. The second-order valence-corrected chi connectivity index (χ2v) is 6.95. The van der Waals surface area contributed by atoms with Crippen molar-refractivity contribution >= 4 is 28.7 Å². The third-order valence-corrected chi connectivity index (χ3v) is 4.74. The fraction of sp³-hybridized carbons (Fsp3) is 0.227. The van der Waals surface area contributed by atoms with Crippen LogP contribution in [-0.2, 0) is 17.8 Å². The molecule has 8 nitrogen and oxygen atoms in total. The average Bonchev–Trinajstić information content (AvgIpc) is 3.16. The summed E-state index contributed by atoms with van der Waals surface area (Å²) in [6.07, 6.45) is 2.64. The number of halogens is 1. The van der Waals surface area contributed by atoms with E-state index in [1.54, 1.807) is 25.2 Å². The first kappa shape index (κ1) is 21.8. The van der Waals surface area contributed by atoms with Crippen LogP contribution in [0.15, 0.2) is 53.7 Å². The van der Waals surface area contributed by atoms with Crippen molar-refractivity contribution in [1.29, 1.82) is 0 Å². The van der Waals surface area contributed by atoms with E-state index in [9.17, 15) is 14.0 Å². The Morgan fingerprint density at radius 2 is 1.87 bits per heavy atom. The Hall–Kier alpha value is -3.88. The molecule has 6 N–H and O–H groups in total. The molecule has 0 bridgehead atoms. The molecule has 1 aromatic heterocycles. The molecule has 2 amide bonds. The summed E-state index contributed by atoms with van der Waals surface area (Å²) in [5.41, 5.74) is 8.32. The molecular formula is C22H25FN6O2. The van der Waals surface area contributed by atoms with Crippen LogP contribution in [0.4, 0.5) is 4.39 Å². The summed E-state index contributed by atoms with van der Waals surface area (Å²) in [5, 5.41) is 9.93. The molecule has 31 heavy (non-hydrogen) atoms. The molecule has 0 saturated heterocycles. The average molecular weight is 424 g/mol. The van der Waals surface area contributed by atoms with Gasteiger partial charge in [0.15, 0.2) is 5.96 Å². The normalized spacial score (nSPS) is 11.4. The molecule has 3 aromatic rings. The van der Waals surface area contributed by atoms with Gasteiger partial charge in [0.05, 0.1) is 6.54 Å². The van der Waals surface area contributed by atoms with Crippen molar-refractivity contribution < 1.29 is 14.0 Å². The number of H-pyrrole nitrogens is 1. The van der Waals surface area contributed by atoms with Gasteiger partial charge in [-0.05, 0) is 47.9 Å². The van der Waals surface area contributed by atoms with E-state index < -0.39 is 5.91 Å². The zero-order chi connectivity index (χ0) is 22.2. The number of hydrogen-bond acceptors (Lipinski definition) is 3. The van der Waals surface area contributed by atoms with E-state index in [0.29, 0.717) is 24.6 Å². The van der Waals surface area contributed by atoms with Gasteiger partial charge in [0.1, 0.15) is 5.82 Å². The lowest BCUT2D eigenvalue weighted by molar-refractivity contribution is -0.117. The zero-order valence-corrected chi connectivity index (χ0v) is 17.2. The molecule has 0 unspecified atom stereocenters. The van der Waals surface area contributed by atoms with Crippen LogP contribution in [0.3, 0.4) is 0 Å². The Balaban J connectivity index is 1.46. The van der Waals surface area contributed by atoms with Crippen molar-refractivity contribution in [1.82, 2.24) is 20.9 Å². The molecule has 1 heterocycles. The Labute approximate surface area is 179 Å². The van der Waals surface area contributed by atoms with Crippen LogP contribution in [-0.4, -0.2) is 42.9 Å². The zero-order valence-electron chi connectivity index (χ0n) is 17.2. The fourth-order valence-corrected chi connectivity index (χ4v) is 3.13. The van der Waals surface area contributed by atoms with E-state index in [2.05, 4.69) is 25.9 Å². The quantitative estimate of drug-likeness (QED) is 0.277. The maximum atomic E-state index is 13.3. The van der Waals surface area contributed by atoms with Crippen LogP contribution < -0.4 is 21.7 Å². The van der Waals surface area contributed by atoms with Gasteiger partial charge in [-0.15, -0.1) is 0 Å². The Kier molecular flexibility index (Phi) is 7.21. The lowest BCUT2D eigenvalue weighted by Crippen LogP contribution is -2.37. The van der Waals surface area contributed by atoms with Gasteiger partial charge in [0.2, 0.25) is 5.91 Å². The van der Waals surface area contributed by atoms with Gasteiger partial charge in [0.25, 0.3) is 5.91 Å². The number of amides is 2. The molecule has 0 radical (unpaired) electrons. The number of aromatic amines is 1. The first-order chi connectivity index (χ1) is 15.0. The Morgan fingerprint density at radius 3 is 2.58 bits per heavy atom. The highest BCUT2D eigenvalue weighted by Gasteiger charge is 2.07. The summed E-state index contributed by atoms with van der Waals surface area (Å²) in [4.78, 5) is 29.9. The smallest absolute Gasteiger partial charge is 0.251 e. The van der Waals surface area contributed by atoms with E-state index in [1.807, 2.05) is 18.3 Å². The number of aromatic nitrogens is 1. The number of nitrogens with zero attached hydrogens (tertiary/aromatic N) is 1. The molecule has 162 valence electrons. The van der Waals surface area contributed by atoms with Crippen molar-refractivity contribution in [2.45, 2.75) is 13.0 Å². The number of carbonyl (C=O) groups is 2. The summed E-state index contributed by atoms with van der Waals surface area (Å²) >= 11 is 0. The number of nitrogens with two attached hydrogens (primary N) is 1. The van der Waals surface area contributed by atoms with Crippen LogP contribution in [0.2, 0.25) is 0 Å². The van der Waals surface area contributed by atoms with Crippen LogP contribution in [0.5, 0.6) is 0 Å². The summed E-state index contributed by atoms with van der Waals surface area (Å²) in [5.74, 6) is -0.556. The van der Waals surface area contributed by atoms with Gasteiger partial charge in [-0.25, -0.2) is 4.39 Å². The maximum Gasteiger partial charge on any atom is 0.251 e. The molecule has 0 aliphatic rings. The van der Waals surface area contributed by atoms with Crippen molar-refractivity contribution in [2.75, 3.05) is 20.1 Å². The molecule has 0 spiro atoms. The summed E-state index contributed by atoms with van der Waals surface area (Å²) in [6.45, 7) is 0.984. The second kappa shape index (κ2) is 10.2. The topological polar surface area (TPSA) is 124 Å². The number of hydrogen-bond donors (Lipinski definition) is 5. The minimum absolute atomic E-state index is 0.195. The van der Waals surface area contributed by atoms with Gasteiger partial charge in [-0.3, -0.25) is 14.6 Å². The summed E-state index contributed by atoms with van der Waals surface area (Å²) in [6, 6.07) is 11.7. The number of primary amides is 1. The van der Waals surface area contributed by atoms with Crippen LogP contribution in [0.1, 0.15) is 21.5 Å². The molecule has 0 saturated carbocycles. The van der Waals surface area contributed by atoms with Crippen LogP contribution in [0, 0.1) is 5.82 Å². The largest absolute Gasteiger partial charge is 0.368 e. The predicted octanol–water partition coefficient (Wildman–Crippen LogP) is 1.43. The number of nitrogens with one attached hydrogen (secondary N) is 4. The molecular weight excluding hydrogens is 399 g/mol. The molecule has 0 aliphatic heterocycles. The molecule has 3 rings (SSSR count). The second-order valence-electron chi connectivity index (χ2n) is 6.95. The lowest BCUT2D eigenvalue weighted by atomic mass is 10.1. The highest BCUT2D eigenvalue weighted by atomic mass is 19.1. The first-order valence-corrected chi connectivity index (χ1v) is 9.81. The lowest BCUT2D eigenvalue weighted by Gasteiger charge is -2.12. The minimum atomic E-state index is -0.591. The molecule has 0 atom stereocenters. The molecule has 0 fully saturated rings. The third-order valence-electron chi connectivity index (χ3n) is 4.74. The van der Waals surface area contributed by atoms with Crippen molar-refractivity contribution in [3.8, 4) is 0 Å². The standard InChI is InChI=1S/C22H25FN6O2/c1-25-22(26-9-8-16-12-27-19-10-17(23)6-7-18(16)19)29-11-14-2-4-15(5-3-14)21(31)28-13-20(24)30/h2-7,10,12,27H,8-9,11,13H2,1H3,(H2,24,30)(H,28,31)(H2,25,26,29). The number of benzene rings is 2. The molecule has 0 aliphatic carbocycles. The number of rotatable bonds is 8. The van der Waals surface area contributed by atoms with Gasteiger partial charge >= 0.3 is 0 Å². The SMILES string of the molecule is CN=C(NCCc1c[nH]c2cc(F)ccc12)NCc1ccc(C(=O)NCC(N)=O)cc1. The van der Waals surface area contributed by atoms with Crippen molar-refractivity contribution in [3.63, 3.8) is 0 Å². The van der Waals surface area contributed by atoms with E-state index in [4.69, 9.17) is 5.73 Å². The number of fused-ring (bicyclic) bond motifs is 1. The Morgan fingerprint density at radius 1 is 1.10 bits per heavy atom. The number of guanidine groups is 1. The van der Waals surface area contributed by atoms with E-state index in [1.165, 1.54) is 12.1 Å². The van der Waals surface area contributed by atoms with Gasteiger partial charge in [-0.1, -0.05) is 12.1 Å². The first-order valence-electron chi connectivity index (χ1n) is 9.81. The minimum Gasteiger partial charge on any atom is -0.368 e. The maximum absolute atomic E-state index is 13.3.